The Bertz CT molecular complexity index is 310. The zero-order valence-electron chi connectivity index (χ0n) is 6.41. The van der Waals surface area contributed by atoms with E-state index in [0.29, 0.717) is 5.56 Å². The van der Waals surface area contributed by atoms with Crippen LogP contribution in [-0.2, 0) is 11.7 Å². The van der Waals surface area contributed by atoms with Crippen molar-refractivity contribution in [3.8, 4) is 0 Å². The van der Waals surface area contributed by atoms with E-state index in [9.17, 15) is 9.90 Å². The Morgan fingerprint density at radius 1 is 1.42 bits per heavy atom. The second-order valence-corrected chi connectivity index (χ2v) is 2.39. The summed E-state index contributed by atoms with van der Waals surface area (Å²) in [5.74, 6) is -0.609. The zero-order chi connectivity index (χ0) is 9.14. The van der Waals surface area contributed by atoms with E-state index in [0.717, 1.165) is 0 Å². The fraction of sp³-hybridized carbons (Fsp3) is 0.125. The van der Waals surface area contributed by atoms with Crippen molar-refractivity contribution in [2.75, 3.05) is 5.73 Å². The van der Waals surface area contributed by atoms with E-state index in [1.54, 1.807) is 12.1 Å². The van der Waals surface area contributed by atoms with Gasteiger partial charge in [-0.1, -0.05) is 12.1 Å². The highest BCUT2D eigenvalue weighted by Gasteiger charge is 2.08. The third-order valence-electron chi connectivity index (χ3n) is 1.62. The van der Waals surface area contributed by atoms with Crippen molar-refractivity contribution in [2.24, 2.45) is 5.73 Å². The molecule has 0 saturated heterocycles. The molecule has 0 aliphatic heterocycles. The Hall–Kier alpha value is -1.55. The Balaban J connectivity index is 3.23. The normalized spacial score (nSPS) is 9.75. The molecule has 0 atom stereocenters. The van der Waals surface area contributed by atoms with Crippen molar-refractivity contribution >= 4 is 11.6 Å². The molecule has 0 bridgehead atoms. The molecular weight excluding hydrogens is 156 g/mol. The molecule has 4 heteroatoms. The van der Waals surface area contributed by atoms with Gasteiger partial charge in [0.2, 0.25) is 0 Å². The van der Waals surface area contributed by atoms with Crippen molar-refractivity contribution in [3.05, 3.63) is 29.3 Å². The summed E-state index contributed by atoms with van der Waals surface area (Å²) in [6, 6.07) is 4.66. The summed E-state index contributed by atoms with van der Waals surface area (Å²) < 4.78 is 0. The molecule has 1 aromatic rings. The number of carbonyl (C=O) groups excluding carboxylic acids is 1. The van der Waals surface area contributed by atoms with Gasteiger partial charge in [-0.25, -0.2) is 5.11 Å². The van der Waals surface area contributed by atoms with Gasteiger partial charge in [-0.15, -0.1) is 0 Å². The van der Waals surface area contributed by atoms with Crippen molar-refractivity contribution in [2.45, 2.75) is 6.61 Å². The average Bonchev–Trinajstić information content (AvgIpc) is 2.04. The minimum absolute atomic E-state index is 0.194. The van der Waals surface area contributed by atoms with Crippen LogP contribution in [0.2, 0.25) is 0 Å². The molecule has 1 amide bonds. The van der Waals surface area contributed by atoms with Crippen LogP contribution in [0.3, 0.4) is 0 Å². The van der Waals surface area contributed by atoms with E-state index in [-0.39, 0.29) is 11.3 Å². The second-order valence-electron chi connectivity index (χ2n) is 2.39. The molecule has 0 aliphatic rings. The maximum absolute atomic E-state index is 10.7. The van der Waals surface area contributed by atoms with Gasteiger partial charge < -0.3 is 11.5 Å². The maximum Gasteiger partial charge on any atom is 0.250 e. The number of nitrogen functional groups attached to an aromatic ring is 1. The van der Waals surface area contributed by atoms with E-state index in [1.165, 1.54) is 6.07 Å². The van der Waals surface area contributed by atoms with E-state index in [1.807, 2.05) is 0 Å². The predicted octanol–water partition coefficient (Wildman–Crippen LogP) is 0.298. The summed E-state index contributed by atoms with van der Waals surface area (Å²) in [7, 11) is 0. The fourth-order valence-electron chi connectivity index (χ4n) is 0.954. The molecule has 63 valence electrons. The van der Waals surface area contributed by atoms with E-state index in [2.05, 4.69) is 0 Å². The topological polar surface area (TPSA) is 89.0 Å². The number of benzene rings is 1. The molecule has 4 nitrogen and oxygen atoms in total. The first-order valence-corrected chi connectivity index (χ1v) is 3.42. The molecular formula is C8H9N2O2. The summed E-state index contributed by atoms with van der Waals surface area (Å²) in [6.45, 7) is -0.438. The van der Waals surface area contributed by atoms with E-state index < -0.39 is 12.5 Å². The quantitative estimate of drug-likeness (QED) is 0.617. The Morgan fingerprint density at radius 3 is 2.58 bits per heavy atom. The first-order valence-electron chi connectivity index (χ1n) is 3.42. The Labute approximate surface area is 69.8 Å². The number of para-hydroxylation sites is 1. The van der Waals surface area contributed by atoms with Gasteiger partial charge in [0.05, 0.1) is 11.3 Å². The lowest BCUT2D eigenvalue weighted by molar-refractivity contribution is 0.100. The number of primary amides is 1. The zero-order valence-corrected chi connectivity index (χ0v) is 6.41. The molecule has 0 heterocycles. The molecule has 1 rings (SSSR count). The van der Waals surface area contributed by atoms with Crippen LogP contribution >= 0.6 is 0 Å². The highest BCUT2D eigenvalue weighted by atomic mass is 16.3. The molecule has 0 unspecified atom stereocenters. The van der Waals surface area contributed by atoms with Crippen molar-refractivity contribution < 1.29 is 9.90 Å². The van der Waals surface area contributed by atoms with Crippen LogP contribution in [0.1, 0.15) is 15.9 Å². The average molecular weight is 165 g/mol. The van der Waals surface area contributed by atoms with Crippen LogP contribution in [0, 0.1) is 0 Å². The lowest BCUT2D eigenvalue weighted by atomic mass is 10.1. The highest BCUT2D eigenvalue weighted by molar-refractivity contribution is 5.98. The molecule has 1 aromatic carbocycles. The van der Waals surface area contributed by atoms with E-state index in [4.69, 9.17) is 11.5 Å². The van der Waals surface area contributed by atoms with Crippen molar-refractivity contribution in [1.82, 2.24) is 0 Å². The van der Waals surface area contributed by atoms with Gasteiger partial charge in [0.25, 0.3) is 5.91 Å². The smallest absolute Gasteiger partial charge is 0.250 e. The van der Waals surface area contributed by atoms with Gasteiger partial charge in [0.1, 0.15) is 6.61 Å². The minimum Gasteiger partial charge on any atom is -0.398 e. The maximum atomic E-state index is 10.7. The number of hydrogen-bond donors (Lipinski definition) is 2. The van der Waals surface area contributed by atoms with Gasteiger partial charge in [0, 0.05) is 5.56 Å². The summed E-state index contributed by atoms with van der Waals surface area (Å²) in [5.41, 5.74) is 11.3. The number of amides is 1. The van der Waals surface area contributed by atoms with Gasteiger partial charge >= 0.3 is 0 Å². The fourth-order valence-corrected chi connectivity index (χ4v) is 0.954. The molecule has 4 N–H and O–H groups in total. The number of nitrogens with two attached hydrogens (primary N) is 2. The van der Waals surface area contributed by atoms with E-state index >= 15 is 0 Å². The lowest BCUT2D eigenvalue weighted by Crippen LogP contribution is -2.14. The summed E-state index contributed by atoms with van der Waals surface area (Å²) in [4.78, 5) is 10.7. The minimum atomic E-state index is -0.609. The Kier molecular flexibility index (Phi) is 2.30. The van der Waals surface area contributed by atoms with Crippen LogP contribution < -0.4 is 11.5 Å². The lowest BCUT2D eigenvalue weighted by Gasteiger charge is -2.04. The molecule has 0 aromatic heterocycles. The first kappa shape index (κ1) is 8.55. The molecule has 0 aliphatic carbocycles. The van der Waals surface area contributed by atoms with Crippen molar-refractivity contribution in [3.63, 3.8) is 0 Å². The standard InChI is InChI=1S/C8H9N2O2/c9-7-5(4-11)2-1-3-6(7)8(10)12/h1-3H,4,9H2,(H2,10,12). The number of rotatable bonds is 2. The largest absolute Gasteiger partial charge is 0.398 e. The third kappa shape index (κ3) is 1.38. The van der Waals surface area contributed by atoms with Crippen LogP contribution in [0.15, 0.2) is 18.2 Å². The van der Waals surface area contributed by atoms with Crippen LogP contribution in [-0.4, -0.2) is 5.91 Å². The molecule has 12 heavy (non-hydrogen) atoms. The first-order chi connectivity index (χ1) is 5.66. The number of hydrogen-bond acceptors (Lipinski definition) is 2. The Morgan fingerprint density at radius 2 is 2.08 bits per heavy atom. The van der Waals surface area contributed by atoms with Gasteiger partial charge in [0.15, 0.2) is 0 Å². The van der Waals surface area contributed by atoms with Crippen LogP contribution in [0.25, 0.3) is 0 Å². The summed E-state index contributed by atoms with van der Waals surface area (Å²) in [6.07, 6.45) is 0. The second kappa shape index (κ2) is 3.23. The van der Waals surface area contributed by atoms with Crippen molar-refractivity contribution in [1.29, 1.82) is 0 Å². The van der Waals surface area contributed by atoms with Crippen LogP contribution in [0.4, 0.5) is 5.69 Å². The van der Waals surface area contributed by atoms with Gasteiger partial charge in [-0.05, 0) is 6.07 Å². The molecule has 1 radical (unpaired) electrons. The molecule has 0 saturated carbocycles. The van der Waals surface area contributed by atoms with Crippen LogP contribution in [0.5, 0.6) is 0 Å². The number of anilines is 1. The molecule has 0 spiro atoms. The highest BCUT2D eigenvalue weighted by Crippen LogP contribution is 2.16. The number of carbonyl (C=O) groups is 1. The molecule has 0 fully saturated rings. The third-order valence-corrected chi connectivity index (χ3v) is 1.62. The monoisotopic (exact) mass is 165 g/mol. The predicted molar refractivity (Wildman–Crippen MR) is 43.8 cm³/mol. The summed E-state index contributed by atoms with van der Waals surface area (Å²) in [5, 5.41) is 10.5. The van der Waals surface area contributed by atoms with Gasteiger partial charge in [-0.3, -0.25) is 4.79 Å². The summed E-state index contributed by atoms with van der Waals surface area (Å²) >= 11 is 0. The van der Waals surface area contributed by atoms with Gasteiger partial charge in [-0.2, -0.15) is 0 Å². The SMILES string of the molecule is NC(=O)c1cccc(C[O])c1N.